The number of nitrogens with one attached hydrogen (secondary N) is 1. The van der Waals surface area contributed by atoms with Gasteiger partial charge in [0.1, 0.15) is 0 Å². The summed E-state index contributed by atoms with van der Waals surface area (Å²) in [4.78, 5) is 13.3. The third-order valence-electron chi connectivity index (χ3n) is 2.40. The van der Waals surface area contributed by atoms with Crippen molar-refractivity contribution in [2.75, 3.05) is 20.1 Å². The van der Waals surface area contributed by atoms with Gasteiger partial charge in [0.25, 0.3) is 0 Å². The van der Waals surface area contributed by atoms with Crippen molar-refractivity contribution < 1.29 is 4.79 Å². The van der Waals surface area contributed by atoms with Gasteiger partial charge < -0.3 is 10.2 Å². The van der Waals surface area contributed by atoms with Crippen LogP contribution in [0.25, 0.3) is 0 Å². The highest BCUT2D eigenvalue weighted by Gasteiger charge is 2.25. The molecule has 1 heterocycles. The smallest absolute Gasteiger partial charge is 0.249 e. The summed E-state index contributed by atoms with van der Waals surface area (Å²) in [6, 6.07) is 0.396. The number of carbonyl (C=O) groups is 1. The van der Waals surface area contributed by atoms with E-state index in [0.29, 0.717) is 6.04 Å². The first-order chi connectivity index (χ1) is 5.66. The fraction of sp³-hybridized carbons (Fsp3) is 0.667. The molecule has 1 aliphatic rings. The fourth-order valence-electron chi connectivity index (χ4n) is 1.11. The van der Waals surface area contributed by atoms with Gasteiger partial charge in [-0.25, -0.2) is 0 Å². The average molecular weight is 168 g/mol. The van der Waals surface area contributed by atoms with E-state index >= 15 is 0 Å². The van der Waals surface area contributed by atoms with Gasteiger partial charge >= 0.3 is 0 Å². The van der Waals surface area contributed by atoms with E-state index in [9.17, 15) is 4.79 Å². The molecule has 1 aliphatic heterocycles. The topological polar surface area (TPSA) is 32.3 Å². The Morgan fingerprint density at radius 2 is 2.17 bits per heavy atom. The van der Waals surface area contributed by atoms with E-state index in [1.807, 2.05) is 31.9 Å². The summed E-state index contributed by atoms with van der Waals surface area (Å²) in [6.45, 7) is 5.60. The molecule has 0 atom stereocenters. The highest BCUT2D eigenvalue weighted by Crippen LogP contribution is 2.06. The number of nitrogens with zero attached hydrogens (tertiary/aromatic N) is 1. The van der Waals surface area contributed by atoms with E-state index in [0.717, 1.165) is 18.7 Å². The Morgan fingerprint density at radius 1 is 1.58 bits per heavy atom. The Balaban J connectivity index is 2.51. The maximum atomic E-state index is 11.5. The highest BCUT2D eigenvalue weighted by atomic mass is 16.2. The SMILES string of the molecule is C/C=C(/C)C(=O)N(C)C1CNC1. The van der Waals surface area contributed by atoms with E-state index in [1.165, 1.54) is 0 Å². The van der Waals surface area contributed by atoms with Gasteiger partial charge in [-0.2, -0.15) is 0 Å². The molecule has 0 bridgehead atoms. The lowest BCUT2D eigenvalue weighted by Gasteiger charge is -2.35. The van der Waals surface area contributed by atoms with Gasteiger partial charge in [0.05, 0.1) is 6.04 Å². The summed E-state index contributed by atoms with van der Waals surface area (Å²) >= 11 is 0. The van der Waals surface area contributed by atoms with Crippen molar-refractivity contribution in [3.8, 4) is 0 Å². The van der Waals surface area contributed by atoms with E-state index in [-0.39, 0.29) is 5.91 Å². The first-order valence-electron chi connectivity index (χ1n) is 4.27. The lowest BCUT2D eigenvalue weighted by atomic mass is 10.1. The molecule has 1 fully saturated rings. The van der Waals surface area contributed by atoms with Crippen molar-refractivity contribution in [1.82, 2.24) is 10.2 Å². The van der Waals surface area contributed by atoms with Crippen molar-refractivity contribution in [1.29, 1.82) is 0 Å². The summed E-state index contributed by atoms with van der Waals surface area (Å²) in [6.07, 6.45) is 1.85. The molecule has 0 aliphatic carbocycles. The number of carbonyl (C=O) groups excluding carboxylic acids is 1. The molecule has 1 rings (SSSR count). The Hall–Kier alpha value is -0.830. The van der Waals surface area contributed by atoms with Crippen molar-refractivity contribution in [2.24, 2.45) is 0 Å². The highest BCUT2D eigenvalue weighted by molar-refractivity contribution is 5.92. The lowest BCUT2D eigenvalue weighted by molar-refractivity contribution is -0.128. The first-order valence-corrected chi connectivity index (χ1v) is 4.27. The quantitative estimate of drug-likeness (QED) is 0.605. The lowest BCUT2D eigenvalue weighted by Crippen LogP contribution is -2.57. The summed E-state index contributed by atoms with van der Waals surface area (Å²) in [7, 11) is 1.86. The van der Waals surface area contributed by atoms with E-state index in [4.69, 9.17) is 0 Å². The van der Waals surface area contributed by atoms with Crippen LogP contribution in [0.2, 0.25) is 0 Å². The van der Waals surface area contributed by atoms with Gasteiger partial charge in [-0.1, -0.05) is 6.08 Å². The van der Waals surface area contributed by atoms with Gasteiger partial charge in [-0.05, 0) is 13.8 Å². The second-order valence-corrected chi connectivity index (χ2v) is 3.20. The summed E-state index contributed by atoms with van der Waals surface area (Å²) < 4.78 is 0. The van der Waals surface area contributed by atoms with E-state index in [1.54, 1.807) is 0 Å². The van der Waals surface area contributed by atoms with E-state index in [2.05, 4.69) is 5.32 Å². The summed E-state index contributed by atoms with van der Waals surface area (Å²) in [5.74, 6) is 0.143. The second kappa shape index (κ2) is 3.72. The predicted octanol–water partition coefficient (Wildman–Crippen LogP) is 0.383. The molecule has 3 nitrogen and oxygen atoms in total. The molecule has 0 aromatic rings. The fourth-order valence-corrected chi connectivity index (χ4v) is 1.11. The Morgan fingerprint density at radius 3 is 2.50 bits per heavy atom. The molecular formula is C9H16N2O. The van der Waals surface area contributed by atoms with Gasteiger partial charge in [0.2, 0.25) is 5.91 Å². The number of likely N-dealkylation sites (N-methyl/N-ethyl adjacent to an activating group) is 1. The monoisotopic (exact) mass is 168 g/mol. The van der Waals surface area contributed by atoms with Gasteiger partial charge in [-0.3, -0.25) is 4.79 Å². The maximum absolute atomic E-state index is 11.5. The molecular weight excluding hydrogens is 152 g/mol. The zero-order valence-electron chi connectivity index (χ0n) is 7.92. The average Bonchev–Trinajstić information content (AvgIpc) is 1.98. The number of rotatable bonds is 2. The van der Waals surface area contributed by atoms with Gasteiger partial charge in [-0.15, -0.1) is 0 Å². The van der Waals surface area contributed by atoms with Gasteiger partial charge in [0, 0.05) is 25.7 Å². The molecule has 0 aromatic heterocycles. The minimum atomic E-state index is 0.143. The predicted molar refractivity (Wildman–Crippen MR) is 48.9 cm³/mol. The molecule has 12 heavy (non-hydrogen) atoms. The number of hydrogen-bond acceptors (Lipinski definition) is 2. The number of hydrogen-bond donors (Lipinski definition) is 1. The van der Waals surface area contributed by atoms with Crippen molar-refractivity contribution in [3.05, 3.63) is 11.6 Å². The largest absolute Gasteiger partial charge is 0.336 e. The molecule has 1 amide bonds. The molecule has 0 unspecified atom stereocenters. The molecule has 0 spiro atoms. The van der Waals surface area contributed by atoms with E-state index < -0.39 is 0 Å². The third-order valence-corrected chi connectivity index (χ3v) is 2.40. The van der Waals surface area contributed by atoms with Crippen molar-refractivity contribution >= 4 is 5.91 Å². The van der Waals surface area contributed by atoms with Crippen molar-refractivity contribution in [2.45, 2.75) is 19.9 Å². The zero-order valence-corrected chi connectivity index (χ0v) is 7.92. The second-order valence-electron chi connectivity index (χ2n) is 3.20. The third kappa shape index (κ3) is 1.67. The van der Waals surface area contributed by atoms with Crippen LogP contribution >= 0.6 is 0 Å². The minimum absolute atomic E-state index is 0.143. The van der Waals surface area contributed by atoms with Crippen LogP contribution in [0.15, 0.2) is 11.6 Å². The maximum Gasteiger partial charge on any atom is 0.249 e. The standard InChI is InChI=1S/C9H16N2O/c1-4-7(2)9(12)11(3)8-5-10-6-8/h4,8,10H,5-6H2,1-3H3/b7-4-. The summed E-state index contributed by atoms with van der Waals surface area (Å²) in [5.41, 5.74) is 0.824. The van der Waals surface area contributed by atoms with Crippen LogP contribution in [0, 0.1) is 0 Å². The van der Waals surface area contributed by atoms with Crippen LogP contribution in [0.3, 0.4) is 0 Å². The van der Waals surface area contributed by atoms with Crippen LogP contribution in [0.1, 0.15) is 13.8 Å². The van der Waals surface area contributed by atoms with Crippen molar-refractivity contribution in [3.63, 3.8) is 0 Å². The molecule has 0 aromatic carbocycles. The Bertz CT molecular complexity index is 207. The number of amides is 1. The molecule has 0 saturated carbocycles. The van der Waals surface area contributed by atoms with Gasteiger partial charge in [0.15, 0.2) is 0 Å². The zero-order chi connectivity index (χ0) is 9.14. The molecule has 3 heteroatoms. The molecule has 1 N–H and O–H groups in total. The Kier molecular flexibility index (Phi) is 2.87. The summed E-state index contributed by atoms with van der Waals surface area (Å²) in [5, 5.41) is 3.14. The van der Waals surface area contributed by atoms with Crippen LogP contribution in [0.4, 0.5) is 0 Å². The number of allylic oxidation sites excluding steroid dienone is 1. The van der Waals surface area contributed by atoms with Crippen LogP contribution in [0.5, 0.6) is 0 Å². The van der Waals surface area contributed by atoms with Crippen LogP contribution in [-0.4, -0.2) is 37.0 Å². The molecule has 68 valence electrons. The molecule has 0 radical (unpaired) electrons. The first kappa shape index (κ1) is 9.26. The normalized spacial score (nSPS) is 18.8. The van der Waals surface area contributed by atoms with Crippen LogP contribution in [-0.2, 0) is 4.79 Å². The minimum Gasteiger partial charge on any atom is -0.336 e. The van der Waals surface area contributed by atoms with Crippen LogP contribution < -0.4 is 5.32 Å². The Labute approximate surface area is 73.4 Å². The molecule has 1 saturated heterocycles.